The molecule has 0 unspecified atom stereocenters. The molecule has 1 aromatic rings. The molecule has 3 amide bonds. The average molecular weight is 370 g/mol. The Kier molecular flexibility index (Phi) is 4.24. The number of amides is 3. The molecule has 3 aliphatic carbocycles. The number of nitrogens with zero attached hydrogens (tertiary/aromatic N) is 2. The normalized spacial score (nSPS) is 33.0. The van der Waals surface area contributed by atoms with E-state index in [1.54, 1.807) is 24.1 Å². The molecule has 5 rings (SSSR count). The lowest BCUT2D eigenvalue weighted by Gasteiger charge is -2.49. The molecule has 1 heterocycles. The highest BCUT2D eigenvalue weighted by Crippen LogP contribution is 2.52. The Bertz CT molecular complexity index is 799. The number of fused-ring (bicyclic) bond motifs is 3. The Hall–Kier alpha value is -2.37. The smallest absolute Gasteiger partial charge is 0.327 e. The first-order chi connectivity index (χ1) is 12.8. The molecule has 0 spiro atoms. The summed E-state index contributed by atoms with van der Waals surface area (Å²) in [5, 5.41) is 9.57. The number of carbonyl (C=O) groups is 3. The maximum atomic E-state index is 13.3. The highest BCUT2D eigenvalue weighted by Gasteiger charge is 2.60. The summed E-state index contributed by atoms with van der Waals surface area (Å²) < 4.78 is 0. The predicted molar refractivity (Wildman–Crippen MR) is 99.3 cm³/mol. The summed E-state index contributed by atoms with van der Waals surface area (Å²) in [6, 6.07) is 5.58. The van der Waals surface area contributed by atoms with Crippen LogP contribution in [-0.4, -0.2) is 51.8 Å². The van der Waals surface area contributed by atoms with Gasteiger partial charge in [-0.1, -0.05) is 25.0 Å². The molecule has 27 heavy (non-hydrogen) atoms. The molecule has 6 nitrogen and oxygen atoms in total. The van der Waals surface area contributed by atoms with Crippen LogP contribution in [-0.2, 0) is 4.79 Å². The molecule has 0 radical (unpaired) electrons. The Balaban J connectivity index is 1.58. The van der Waals surface area contributed by atoms with Crippen LogP contribution >= 0.6 is 0 Å². The van der Waals surface area contributed by atoms with Gasteiger partial charge in [0.15, 0.2) is 5.78 Å². The van der Waals surface area contributed by atoms with Crippen molar-refractivity contribution in [3.8, 4) is 5.75 Å². The van der Waals surface area contributed by atoms with E-state index >= 15 is 0 Å². The fraction of sp³-hybridized carbons (Fsp3) is 0.571. The summed E-state index contributed by atoms with van der Waals surface area (Å²) in [6.45, 7) is 1.58. The second kappa shape index (κ2) is 6.36. The molecule has 2 atom stereocenters. The van der Waals surface area contributed by atoms with Crippen LogP contribution < -0.4 is 0 Å². The van der Waals surface area contributed by atoms with E-state index in [0.29, 0.717) is 17.4 Å². The minimum Gasteiger partial charge on any atom is -0.508 e. The van der Waals surface area contributed by atoms with Gasteiger partial charge in [0.2, 0.25) is 0 Å². The molecule has 6 heteroatoms. The minimum absolute atomic E-state index is 0.0138. The van der Waals surface area contributed by atoms with Crippen LogP contribution in [0.3, 0.4) is 0 Å². The lowest BCUT2D eigenvalue weighted by Crippen LogP contribution is -2.56. The third kappa shape index (κ3) is 2.73. The Labute approximate surface area is 159 Å². The Morgan fingerprint density at radius 2 is 1.93 bits per heavy atom. The summed E-state index contributed by atoms with van der Waals surface area (Å²) in [5.41, 5.74) is -0.580. The number of benzene rings is 1. The van der Waals surface area contributed by atoms with E-state index in [2.05, 4.69) is 0 Å². The number of urea groups is 1. The molecule has 1 aliphatic heterocycles. The van der Waals surface area contributed by atoms with Gasteiger partial charge in [-0.25, -0.2) is 4.79 Å². The number of imide groups is 1. The van der Waals surface area contributed by atoms with Gasteiger partial charge in [0.1, 0.15) is 11.3 Å². The fourth-order valence-electron chi connectivity index (χ4n) is 5.41. The largest absolute Gasteiger partial charge is 0.508 e. The lowest BCUT2D eigenvalue weighted by molar-refractivity contribution is -0.138. The van der Waals surface area contributed by atoms with E-state index in [1.165, 1.54) is 25.0 Å². The number of hydrogen-bond donors (Lipinski definition) is 1. The van der Waals surface area contributed by atoms with Gasteiger partial charge in [0.05, 0.1) is 6.54 Å². The SMILES string of the molecule is CN1C(=O)N(CC(=O)c2cccc(O)c2)C(=O)[C@@]1(C)[C@H]1C[C@H]2CC[C@@H]1CC2. The van der Waals surface area contributed by atoms with Crippen LogP contribution in [0.1, 0.15) is 49.4 Å². The topological polar surface area (TPSA) is 77.9 Å². The van der Waals surface area contributed by atoms with E-state index < -0.39 is 11.6 Å². The molecule has 4 aliphatic rings. The lowest BCUT2D eigenvalue weighted by atomic mass is 9.59. The molecule has 144 valence electrons. The first-order valence-corrected chi connectivity index (χ1v) is 9.74. The summed E-state index contributed by atoms with van der Waals surface area (Å²) in [6.07, 6.45) is 5.69. The number of ketones is 1. The van der Waals surface area contributed by atoms with Gasteiger partial charge in [-0.05, 0) is 56.1 Å². The van der Waals surface area contributed by atoms with Gasteiger partial charge in [-0.3, -0.25) is 14.5 Å². The van der Waals surface area contributed by atoms with Crippen molar-refractivity contribution in [1.29, 1.82) is 0 Å². The van der Waals surface area contributed by atoms with Crippen molar-refractivity contribution in [3.05, 3.63) is 29.8 Å². The molecule has 1 saturated heterocycles. The highest BCUT2D eigenvalue weighted by atomic mass is 16.3. The summed E-state index contributed by atoms with van der Waals surface area (Å²) >= 11 is 0. The monoisotopic (exact) mass is 370 g/mol. The number of Topliss-reactive ketones (excluding diaryl/α,β-unsaturated/α-hetero) is 1. The van der Waals surface area contributed by atoms with E-state index in [1.807, 2.05) is 6.92 Å². The average Bonchev–Trinajstić information content (AvgIpc) is 2.85. The van der Waals surface area contributed by atoms with Crippen molar-refractivity contribution in [3.63, 3.8) is 0 Å². The van der Waals surface area contributed by atoms with Crippen LogP contribution in [0.15, 0.2) is 24.3 Å². The number of likely N-dealkylation sites (N-methyl/N-ethyl adjacent to an activating group) is 1. The second-order valence-corrected chi connectivity index (χ2v) is 8.48. The molecule has 2 bridgehead atoms. The number of phenols is 1. The zero-order valence-electron chi connectivity index (χ0n) is 15.9. The van der Waals surface area contributed by atoms with Crippen molar-refractivity contribution in [2.75, 3.05) is 13.6 Å². The number of carbonyl (C=O) groups excluding carboxylic acids is 3. The minimum atomic E-state index is -0.875. The van der Waals surface area contributed by atoms with Crippen molar-refractivity contribution < 1.29 is 19.5 Å². The van der Waals surface area contributed by atoms with Crippen LogP contribution in [0.4, 0.5) is 4.79 Å². The first kappa shape index (κ1) is 18.0. The van der Waals surface area contributed by atoms with Crippen LogP contribution in [0.5, 0.6) is 5.75 Å². The molecule has 0 aromatic heterocycles. The van der Waals surface area contributed by atoms with Crippen LogP contribution in [0, 0.1) is 17.8 Å². The molecule has 1 aromatic carbocycles. The quantitative estimate of drug-likeness (QED) is 0.653. The van der Waals surface area contributed by atoms with E-state index in [-0.39, 0.29) is 29.9 Å². The summed E-state index contributed by atoms with van der Waals surface area (Å²) in [4.78, 5) is 41.4. The first-order valence-electron chi connectivity index (χ1n) is 9.74. The Morgan fingerprint density at radius 1 is 1.22 bits per heavy atom. The van der Waals surface area contributed by atoms with Crippen molar-refractivity contribution >= 4 is 17.7 Å². The van der Waals surface area contributed by atoms with Gasteiger partial charge < -0.3 is 10.0 Å². The number of aromatic hydroxyl groups is 1. The van der Waals surface area contributed by atoms with Gasteiger partial charge in [-0.2, -0.15) is 0 Å². The third-order valence-electron chi connectivity index (χ3n) is 7.13. The third-order valence-corrected chi connectivity index (χ3v) is 7.13. The molecule has 4 fully saturated rings. The number of rotatable bonds is 4. The highest BCUT2D eigenvalue weighted by molar-refractivity contribution is 6.11. The Morgan fingerprint density at radius 3 is 2.52 bits per heavy atom. The summed E-state index contributed by atoms with van der Waals surface area (Å²) in [5.74, 6) is 0.654. The number of phenolic OH excluding ortho intramolecular Hbond substituents is 1. The van der Waals surface area contributed by atoms with Crippen molar-refractivity contribution in [1.82, 2.24) is 9.80 Å². The van der Waals surface area contributed by atoms with Crippen molar-refractivity contribution in [2.45, 2.75) is 44.6 Å². The van der Waals surface area contributed by atoms with Crippen LogP contribution in [0.2, 0.25) is 0 Å². The fourth-order valence-corrected chi connectivity index (χ4v) is 5.41. The maximum Gasteiger partial charge on any atom is 0.327 e. The zero-order chi connectivity index (χ0) is 19.3. The number of hydrogen-bond acceptors (Lipinski definition) is 4. The van der Waals surface area contributed by atoms with Gasteiger partial charge in [0.25, 0.3) is 5.91 Å². The molecule has 3 saturated carbocycles. The van der Waals surface area contributed by atoms with E-state index in [0.717, 1.165) is 24.2 Å². The zero-order valence-corrected chi connectivity index (χ0v) is 15.9. The molecule has 1 N–H and O–H groups in total. The second-order valence-electron chi connectivity index (χ2n) is 8.48. The summed E-state index contributed by atoms with van der Waals surface area (Å²) in [7, 11) is 1.68. The van der Waals surface area contributed by atoms with Gasteiger partial charge >= 0.3 is 6.03 Å². The standard InChI is InChI=1S/C21H26N2O4/c1-21(17-10-13-6-8-14(17)9-7-13)19(26)23(20(27)22(21)2)12-18(25)15-4-3-5-16(24)11-15/h3-5,11,13-14,17,24H,6-10,12H2,1-2H3/t13-,14+,17-,21+/m0/s1. The van der Waals surface area contributed by atoms with E-state index in [9.17, 15) is 19.5 Å². The molecular formula is C21H26N2O4. The van der Waals surface area contributed by atoms with Gasteiger partial charge in [0, 0.05) is 12.6 Å². The predicted octanol–water partition coefficient (Wildman–Crippen LogP) is 3.05. The van der Waals surface area contributed by atoms with Crippen molar-refractivity contribution in [2.24, 2.45) is 17.8 Å². The van der Waals surface area contributed by atoms with Gasteiger partial charge in [-0.15, -0.1) is 0 Å². The maximum absolute atomic E-state index is 13.3. The van der Waals surface area contributed by atoms with E-state index in [4.69, 9.17) is 0 Å². The van der Waals surface area contributed by atoms with Crippen LogP contribution in [0.25, 0.3) is 0 Å². The molecular weight excluding hydrogens is 344 g/mol.